The Bertz CT molecular complexity index is 699. The van der Waals surface area contributed by atoms with Crippen molar-refractivity contribution in [3.63, 3.8) is 0 Å². The van der Waals surface area contributed by atoms with Crippen LogP contribution in [0.3, 0.4) is 0 Å². The maximum absolute atomic E-state index is 5.93. The van der Waals surface area contributed by atoms with Crippen LogP contribution in [0.4, 0.5) is 11.6 Å². The zero-order chi connectivity index (χ0) is 14.8. The molecule has 112 valence electrons. The summed E-state index contributed by atoms with van der Waals surface area (Å²) in [6.45, 7) is 7.18. The molecule has 2 heterocycles. The van der Waals surface area contributed by atoms with Gasteiger partial charge in [-0.15, -0.1) is 0 Å². The highest BCUT2D eigenvalue weighted by molar-refractivity contribution is 5.65. The lowest BCUT2D eigenvalue weighted by Gasteiger charge is -2.43. The van der Waals surface area contributed by atoms with Crippen LogP contribution in [0, 0.1) is 16.7 Å². The van der Waals surface area contributed by atoms with Crippen LogP contribution in [0.25, 0.3) is 5.65 Å². The van der Waals surface area contributed by atoms with E-state index >= 15 is 0 Å². The summed E-state index contributed by atoms with van der Waals surface area (Å²) in [5, 5.41) is 3.70. The molecule has 0 radical (unpaired) electrons. The minimum atomic E-state index is 0.281. The first-order chi connectivity index (χ1) is 9.90. The lowest BCUT2D eigenvalue weighted by Crippen LogP contribution is -2.46. The molecule has 0 amide bonds. The smallest absolute Gasteiger partial charge is 0.180 e. The fourth-order valence-electron chi connectivity index (χ4n) is 4.85. The summed E-state index contributed by atoms with van der Waals surface area (Å²) in [6, 6.07) is 0.415. The second-order valence-corrected chi connectivity index (χ2v) is 7.66. The predicted molar refractivity (Wildman–Crippen MR) is 84.0 cm³/mol. The number of nitrogens with zero attached hydrogens (tertiary/aromatic N) is 3. The van der Waals surface area contributed by atoms with E-state index in [9.17, 15) is 0 Å². The molecule has 0 aliphatic heterocycles. The van der Waals surface area contributed by atoms with E-state index in [2.05, 4.69) is 36.1 Å². The average Bonchev–Trinajstić information content (AvgIpc) is 3.05. The topological polar surface area (TPSA) is 68.2 Å². The quantitative estimate of drug-likeness (QED) is 0.890. The van der Waals surface area contributed by atoms with Crippen molar-refractivity contribution < 1.29 is 0 Å². The minimum absolute atomic E-state index is 0.281. The maximum atomic E-state index is 5.93. The van der Waals surface area contributed by atoms with Crippen LogP contribution < -0.4 is 11.1 Å². The van der Waals surface area contributed by atoms with Crippen molar-refractivity contribution in [3.8, 4) is 0 Å². The fraction of sp³-hybridized carbons (Fsp3) is 0.625. The number of nitrogens with one attached hydrogen (secondary N) is 1. The van der Waals surface area contributed by atoms with Gasteiger partial charge in [0.05, 0.1) is 6.20 Å². The van der Waals surface area contributed by atoms with Crippen molar-refractivity contribution >= 4 is 17.3 Å². The average molecular weight is 285 g/mol. The molecule has 2 aliphatic rings. The number of rotatable bonds is 2. The van der Waals surface area contributed by atoms with Gasteiger partial charge in [0.2, 0.25) is 0 Å². The molecule has 0 saturated heterocycles. The number of imidazole rings is 1. The lowest BCUT2D eigenvalue weighted by molar-refractivity contribution is 0.155. The number of hydrogen-bond donors (Lipinski definition) is 2. The molecule has 0 aromatic carbocycles. The van der Waals surface area contributed by atoms with Crippen molar-refractivity contribution in [1.82, 2.24) is 14.4 Å². The lowest BCUT2D eigenvalue weighted by atomic mass is 9.68. The summed E-state index contributed by atoms with van der Waals surface area (Å²) in [6.07, 6.45) is 9.46. The monoisotopic (exact) mass is 285 g/mol. The van der Waals surface area contributed by atoms with Crippen molar-refractivity contribution in [1.29, 1.82) is 0 Å². The molecule has 2 fully saturated rings. The van der Waals surface area contributed by atoms with Gasteiger partial charge < -0.3 is 15.5 Å². The van der Waals surface area contributed by atoms with Gasteiger partial charge in [-0.2, -0.15) is 0 Å². The third-order valence-electron chi connectivity index (χ3n) is 5.94. The number of nitrogen functional groups attached to an aromatic ring is 1. The molecule has 3 atom stereocenters. The maximum Gasteiger partial charge on any atom is 0.180 e. The third kappa shape index (κ3) is 1.69. The Kier molecular flexibility index (Phi) is 2.40. The van der Waals surface area contributed by atoms with Crippen molar-refractivity contribution in [3.05, 3.63) is 18.6 Å². The van der Waals surface area contributed by atoms with E-state index in [4.69, 9.17) is 5.73 Å². The van der Waals surface area contributed by atoms with E-state index in [1.54, 1.807) is 12.4 Å². The number of aromatic nitrogens is 3. The van der Waals surface area contributed by atoms with Crippen molar-refractivity contribution in [2.75, 3.05) is 11.1 Å². The number of fused-ring (bicyclic) bond motifs is 3. The van der Waals surface area contributed by atoms with Gasteiger partial charge in [-0.1, -0.05) is 20.8 Å². The van der Waals surface area contributed by atoms with Gasteiger partial charge in [-0.25, -0.2) is 9.97 Å². The molecule has 2 saturated carbocycles. The van der Waals surface area contributed by atoms with Gasteiger partial charge in [0.1, 0.15) is 5.82 Å². The molecule has 2 aromatic rings. The molecule has 2 aliphatic carbocycles. The van der Waals surface area contributed by atoms with E-state index in [-0.39, 0.29) is 5.41 Å². The Hall–Kier alpha value is -1.78. The molecule has 2 aromatic heterocycles. The van der Waals surface area contributed by atoms with Crippen LogP contribution in [0.1, 0.15) is 40.0 Å². The SMILES string of the molecule is CC12CCC(C1)C(C)(C)C2Nc1nc(N)cn2ccnc12. The van der Waals surface area contributed by atoms with E-state index in [1.807, 2.05) is 10.6 Å². The first-order valence-corrected chi connectivity index (χ1v) is 7.76. The predicted octanol–water partition coefficient (Wildman–Crippen LogP) is 2.94. The molecular weight excluding hydrogens is 262 g/mol. The highest BCUT2D eigenvalue weighted by Gasteiger charge is 2.59. The molecule has 0 spiro atoms. The van der Waals surface area contributed by atoms with Gasteiger partial charge >= 0.3 is 0 Å². The summed E-state index contributed by atoms with van der Waals surface area (Å²) in [4.78, 5) is 8.92. The molecular formula is C16H23N5. The highest BCUT2D eigenvalue weighted by atomic mass is 15.1. The van der Waals surface area contributed by atoms with Gasteiger partial charge in [-0.05, 0) is 36.0 Å². The fourth-order valence-corrected chi connectivity index (χ4v) is 4.85. The Balaban J connectivity index is 1.76. The number of hydrogen-bond acceptors (Lipinski definition) is 4. The Morgan fingerprint density at radius 2 is 2.19 bits per heavy atom. The van der Waals surface area contributed by atoms with Crippen LogP contribution >= 0.6 is 0 Å². The minimum Gasteiger partial charge on any atom is -0.382 e. The third-order valence-corrected chi connectivity index (χ3v) is 5.94. The van der Waals surface area contributed by atoms with E-state index in [0.29, 0.717) is 17.3 Å². The van der Waals surface area contributed by atoms with Crippen LogP contribution in [0.15, 0.2) is 18.6 Å². The molecule has 5 heteroatoms. The van der Waals surface area contributed by atoms with Crippen LogP contribution in [0.2, 0.25) is 0 Å². The zero-order valence-electron chi connectivity index (χ0n) is 12.9. The summed E-state index contributed by atoms with van der Waals surface area (Å²) in [5.74, 6) is 2.14. The van der Waals surface area contributed by atoms with Crippen LogP contribution in [0.5, 0.6) is 0 Å². The van der Waals surface area contributed by atoms with E-state index in [1.165, 1.54) is 19.3 Å². The highest BCUT2D eigenvalue weighted by Crippen LogP contribution is 2.63. The molecule has 2 bridgehead atoms. The molecule has 3 unspecified atom stereocenters. The van der Waals surface area contributed by atoms with Gasteiger partial charge in [-0.3, -0.25) is 0 Å². The first-order valence-electron chi connectivity index (χ1n) is 7.76. The normalized spacial score (nSPS) is 33.7. The zero-order valence-corrected chi connectivity index (χ0v) is 12.9. The molecule has 4 rings (SSSR count). The Labute approximate surface area is 125 Å². The largest absolute Gasteiger partial charge is 0.382 e. The van der Waals surface area contributed by atoms with Crippen LogP contribution in [-0.4, -0.2) is 20.4 Å². The van der Waals surface area contributed by atoms with E-state index < -0.39 is 0 Å². The second kappa shape index (κ2) is 3.90. The number of nitrogens with two attached hydrogens (primary N) is 1. The molecule has 3 N–H and O–H groups in total. The van der Waals surface area contributed by atoms with Gasteiger partial charge in [0.25, 0.3) is 0 Å². The van der Waals surface area contributed by atoms with E-state index in [0.717, 1.165) is 17.4 Å². The Morgan fingerprint density at radius 3 is 2.90 bits per heavy atom. The van der Waals surface area contributed by atoms with Gasteiger partial charge in [0.15, 0.2) is 11.5 Å². The standard InChI is InChI=1S/C16H23N5/c1-15(2)10-4-5-16(3,8-10)14(15)20-12-13-18-6-7-21(13)9-11(17)19-12/h6-7,9-10,14H,4-5,8,17H2,1-3H3,(H,19,20). The summed E-state index contributed by atoms with van der Waals surface area (Å²) >= 11 is 0. The molecule has 5 nitrogen and oxygen atoms in total. The van der Waals surface area contributed by atoms with Crippen LogP contribution in [-0.2, 0) is 0 Å². The second-order valence-electron chi connectivity index (χ2n) is 7.66. The number of anilines is 2. The summed E-state index contributed by atoms with van der Waals surface area (Å²) < 4.78 is 1.94. The summed E-state index contributed by atoms with van der Waals surface area (Å²) in [5.41, 5.74) is 7.42. The molecule has 21 heavy (non-hydrogen) atoms. The van der Waals surface area contributed by atoms with Crippen molar-refractivity contribution in [2.24, 2.45) is 16.7 Å². The first kappa shape index (κ1) is 12.9. The Morgan fingerprint density at radius 1 is 1.38 bits per heavy atom. The summed E-state index contributed by atoms with van der Waals surface area (Å²) in [7, 11) is 0. The van der Waals surface area contributed by atoms with Gasteiger partial charge in [0, 0.05) is 18.4 Å². The van der Waals surface area contributed by atoms with Crippen molar-refractivity contribution in [2.45, 2.75) is 46.1 Å².